The molecular formula is C24H23N3O4S. The summed E-state index contributed by atoms with van der Waals surface area (Å²) < 4.78 is 30.2. The van der Waals surface area contributed by atoms with Crippen LogP contribution in [0.4, 0.5) is 5.95 Å². The van der Waals surface area contributed by atoms with Gasteiger partial charge in [-0.1, -0.05) is 42.0 Å². The number of hydrogen-bond acceptors (Lipinski definition) is 5. The molecule has 4 aromatic rings. The molecule has 8 heteroatoms. The number of aromatic nitrogens is 2. The van der Waals surface area contributed by atoms with E-state index in [2.05, 4.69) is 9.71 Å². The molecule has 3 aromatic carbocycles. The highest BCUT2D eigenvalue weighted by Gasteiger charge is 2.19. The van der Waals surface area contributed by atoms with Crippen LogP contribution in [0.3, 0.4) is 0 Å². The predicted molar refractivity (Wildman–Crippen MR) is 122 cm³/mol. The molecule has 32 heavy (non-hydrogen) atoms. The van der Waals surface area contributed by atoms with Gasteiger partial charge in [0.05, 0.1) is 17.1 Å². The molecule has 164 valence electrons. The van der Waals surface area contributed by atoms with Crippen molar-refractivity contribution in [1.82, 2.24) is 9.55 Å². The molecule has 4 rings (SSSR count). The Morgan fingerprint density at radius 3 is 2.00 bits per heavy atom. The number of imidazole rings is 1. The summed E-state index contributed by atoms with van der Waals surface area (Å²) in [5.74, 6) is 0.540. The summed E-state index contributed by atoms with van der Waals surface area (Å²) in [6, 6.07) is 20.1. The van der Waals surface area contributed by atoms with Crippen molar-refractivity contribution in [3.05, 3.63) is 101 Å². The lowest BCUT2D eigenvalue weighted by atomic mass is 10.1. The van der Waals surface area contributed by atoms with Crippen molar-refractivity contribution >= 4 is 16.0 Å². The Morgan fingerprint density at radius 1 is 0.844 bits per heavy atom. The van der Waals surface area contributed by atoms with Crippen molar-refractivity contribution in [2.24, 2.45) is 0 Å². The lowest BCUT2D eigenvalue weighted by molar-refractivity contribution is 0.474. The maximum atomic E-state index is 12.9. The second-order valence-electron chi connectivity index (χ2n) is 7.61. The van der Waals surface area contributed by atoms with E-state index >= 15 is 0 Å². The van der Waals surface area contributed by atoms with Crippen LogP contribution in [-0.2, 0) is 23.0 Å². The molecule has 0 radical (unpaired) electrons. The van der Waals surface area contributed by atoms with Gasteiger partial charge in [-0.2, -0.15) is 0 Å². The van der Waals surface area contributed by atoms with Gasteiger partial charge in [0.1, 0.15) is 11.5 Å². The highest BCUT2D eigenvalue weighted by molar-refractivity contribution is 7.92. The van der Waals surface area contributed by atoms with E-state index in [-0.39, 0.29) is 22.3 Å². The maximum Gasteiger partial charge on any atom is 0.264 e. The summed E-state index contributed by atoms with van der Waals surface area (Å²) >= 11 is 0. The van der Waals surface area contributed by atoms with Gasteiger partial charge in [-0.15, -0.1) is 0 Å². The smallest absolute Gasteiger partial charge is 0.264 e. The van der Waals surface area contributed by atoms with Crippen LogP contribution >= 0.6 is 0 Å². The summed E-state index contributed by atoms with van der Waals surface area (Å²) in [7, 11) is -3.82. The highest BCUT2D eigenvalue weighted by atomic mass is 32.2. The number of phenols is 2. The minimum Gasteiger partial charge on any atom is -0.508 e. The van der Waals surface area contributed by atoms with Gasteiger partial charge in [0.2, 0.25) is 5.95 Å². The third-order valence-electron chi connectivity index (χ3n) is 4.99. The lowest BCUT2D eigenvalue weighted by Crippen LogP contribution is -2.17. The van der Waals surface area contributed by atoms with Crippen molar-refractivity contribution in [3.8, 4) is 11.5 Å². The molecule has 0 bridgehead atoms. The summed E-state index contributed by atoms with van der Waals surface area (Å²) in [5.41, 5.74) is 3.46. The number of rotatable bonds is 7. The van der Waals surface area contributed by atoms with Crippen molar-refractivity contribution in [2.45, 2.75) is 24.8 Å². The SMILES string of the molecule is Cc1ccc(S(=O)(=O)Nc2nc(Cc3ccc(O)cc3)cn2Cc2ccc(O)cc2)cc1. The van der Waals surface area contributed by atoms with E-state index in [9.17, 15) is 18.6 Å². The molecule has 7 nitrogen and oxygen atoms in total. The molecule has 0 fully saturated rings. The van der Waals surface area contributed by atoms with E-state index in [1.54, 1.807) is 83.6 Å². The topological polar surface area (TPSA) is 104 Å². The molecule has 0 aliphatic heterocycles. The minimum absolute atomic E-state index is 0.155. The first-order valence-electron chi connectivity index (χ1n) is 10.00. The first-order valence-corrected chi connectivity index (χ1v) is 11.5. The fourth-order valence-corrected chi connectivity index (χ4v) is 4.29. The Kier molecular flexibility index (Phi) is 5.87. The zero-order chi connectivity index (χ0) is 22.7. The molecular weight excluding hydrogens is 426 g/mol. The fraction of sp³-hybridized carbons (Fsp3) is 0.125. The second-order valence-corrected chi connectivity index (χ2v) is 9.29. The van der Waals surface area contributed by atoms with E-state index < -0.39 is 10.0 Å². The molecule has 0 aliphatic rings. The lowest BCUT2D eigenvalue weighted by Gasteiger charge is -2.11. The van der Waals surface area contributed by atoms with Crippen LogP contribution in [0.5, 0.6) is 11.5 Å². The molecule has 0 spiro atoms. The molecule has 0 aliphatic carbocycles. The number of hydrogen-bond donors (Lipinski definition) is 3. The zero-order valence-corrected chi connectivity index (χ0v) is 18.2. The average molecular weight is 450 g/mol. The largest absolute Gasteiger partial charge is 0.508 e. The molecule has 1 heterocycles. The van der Waals surface area contributed by atoms with Crippen molar-refractivity contribution < 1.29 is 18.6 Å². The van der Waals surface area contributed by atoms with E-state index in [1.165, 1.54) is 0 Å². The third kappa shape index (κ3) is 5.09. The Bertz CT molecular complexity index is 1310. The van der Waals surface area contributed by atoms with Crippen LogP contribution in [0.2, 0.25) is 0 Å². The predicted octanol–water partition coefficient (Wildman–Crippen LogP) is 4.04. The van der Waals surface area contributed by atoms with Gasteiger partial charge in [-0.05, 0) is 54.4 Å². The van der Waals surface area contributed by atoms with E-state index in [1.807, 2.05) is 6.92 Å². The standard InChI is InChI=1S/C24H23N3O4S/c1-17-2-12-23(13-3-17)32(30,31)26-24-25-20(14-18-4-8-21(28)9-5-18)16-27(24)15-19-6-10-22(29)11-7-19/h2-13,16,28-29H,14-15H2,1H3,(H,25,26). The molecule has 0 atom stereocenters. The van der Waals surface area contributed by atoms with Gasteiger partial charge in [-0.25, -0.2) is 18.1 Å². The van der Waals surface area contributed by atoms with Crippen molar-refractivity contribution in [2.75, 3.05) is 4.72 Å². The van der Waals surface area contributed by atoms with Crippen LogP contribution in [0, 0.1) is 6.92 Å². The van der Waals surface area contributed by atoms with Gasteiger partial charge >= 0.3 is 0 Å². The third-order valence-corrected chi connectivity index (χ3v) is 6.34. The van der Waals surface area contributed by atoms with Gasteiger partial charge < -0.3 is 14.8 Å². The molecule has 0 unspecified atom stereocenters. The summed E-state index contributed by atoms with van der Waals surface area (Å²) in [5, 5.41) is 19.0. The molecule has 0 saturated heterocycles. The summed E-state index contributed by atoms with van der Waals surface area (Å²) in [4.78, 5) is 4.69. The molecule has 0 saturated carbocycles. The number of anilines is 1. The second kappa shape index (κ2) is 8.76. The highest BCUT2D eigenvalue weighted by Crippen LogP contribution is 2.21. The molecule has 0 amide bonds. The monoisotopic (exact) mass is 449 g/mol. The number of sulfonamides is 1. The van der Waals surface area contributed by atoms with Gasteiger partial charge in [0.25, 0.3) is 10.0 Å². The summed E-state index contributed by atoms with van der Waals surface area (Å²) in [6.45, 7) is 2.26. The number of benzene rings is 3. The van der Waals surface area contributed by atoms with Crippen LogP contribution < -0.4 is 4.72 Å². The van der Waals surface area contributed by atoms with Crippen LogP contribution in [0.15, 0.2) is 83.9 Å². The maximum absolute atomic E-state index is 12.9. The van der Waals surface area contributed by atoms with Gasteiger partial charge in [-0.3, -0.25) is 0 Å². The van der Waals surface area contributed by atoms with Crippen molar-refractivity contribution in [1.29, 1.82) is 0 Å². The Hall–Kier alpha value is -3.78. The van der Waals surface area contributed by atoms with E-state index in [4.69, 9.17) is 0 Å². The van der Waals surface area contributed by atoms with Gasteiger partial charge in [0.15, 0.2) is 0 Å². The van der Waals surface area contributed by atoms with Crippen molar-refractivity contribution in [3.63, 3.8) is 0 Å². The Balaban J connectivity index is 1.66. The minimum atomic E-state index is -3.82. The van der Waals surface area contributed by atoms with Crippen LogP contribution in [0.25, 0.3) is 0 Å². The molecule has 3 N–H and O–H groups in total. The number of aryl methyl sites for hydroxylation is 1. The number of phenolic OH excluding ortho intramolecular Hbond substituents is 2. The normalized spacial score (nSPS) is 11.4. The Labute approximate surface area is 186 Å². The summed E-state index contributed by atoms with van der Waals surface area (Å²) in [6.07, 6.45) is 2.27. The fourth-order valence-electron chi connectivity index (χ4n) is 3.27. The first kappa shape index (κ1) is 21.5. The van der Waals surface area contributed by atoms with E-state index in [0.29, 0.717) is 18.7 Å². The number of aromatic hydroxyl groups is 2. The van der Waals surface area contributed by atoms with Crippen LogP contribution in [0.1, 0.15) is 22.4 Å². The molecule has 1 aromatic heterocycles. The average Bonchev–Trinajstić information content (AvgIpc) is 3.11. The number of nitrogens with one attached hydrogen (secondary N) is 1. The first-order chi connectivity index (χ1) is 15.3. The van der Waals surface area contributed by atoms with Gasteiger partial charge in [0, 0.05) is 12.6 Å². The zero-order valence-electron chi connectivity index (χ0n) is 17.4. The number of nitrogens with zero attached hydrogens (tertiary/aromatic N) is 2. The van der Waals surface area contributed by atoms with Crippen LogP contribution in [-0.4, -0.2) is 28.2 Å². The Morgan fingerprint density at radius 2 is 1.41 bits per heavy atom. The van der Waals surface area contributed by atoms with E-state index in [0.717, 1.165) is 16.7 Å². The quantitative estimate of drug-likeness (QED) is 0.395.